The molecular weight excluding hydrogens is 444 g/mol. The molecule has 2 N–H and O–H groups in total. The summed E-state index contributed by atoms with van der Waals surface area (Å²) in [5.74, 6) is 0.877. The van der Waals surface area contributed by atoms with E-state index in [9.17, 15) is 10.1 Å². The summed E-state index contributed by atoms with van der Waals surface area (Å²) in [6.07, 6.45) is 0.948. The second-order valence-electron chi connectivity index (χ2n) is 8.73. The average Bonchev–Trinajstić information content (AvgIpc) is 2.86. The van der Waals surface area contributed by atoms with Gasteiger partial charge < -0.3 is 19.9 Å². The lowest BCUT2D eigenvalue weighted by atomic mass is 9.72. The van der Waals surface area contributed by atoms with Gasteiger partial charge in [-0.3, -0.25) is 9.80 Å². The predicted molar refractivity (Wildman–Crippen MR) is 132 cm³/mol. The molecule has 1 aliphatic heterocycles. The van der Waals surface area contributed by atoms with E-state index in [1.165, 1.54) is 14.2 Å². The Kier molecular flexibility index (Phi) is 6.72. The highest BCUT2D eigenvalue weighted by atomic mass is 16.5. The molecule has 0 fully saturated rings. The Morgan fingerprint density at radius 1 is 1.00 bits per heavy atom. The van der Waals surface area contributed by atoms with E-state index >= 15 is 0 Å². The van der Waals surface area contributed by atoms with E-state index in [2.05, 4.69) is 6.07 Å². The number of ether oxygens (including phenoxy) is 3. The normalized spacial score (nSPS) is 20.0. The monoisotopic (exact) mass is 474 g/mol. The zero-order valence-corrected chi connectivity index (χ0v) is 20.7. The van der Waals surface area contributed by atoms with Crippen molar-refractivity contribution in [2.24, 2.45) is 5.73 Å². The summed E-state index contributed by atoms with van der Waals surface area (Å²) in [6.45, 7) is 0. The van der Waals surface area contributed by atoms with Crippen molar-refractivity contribution in [2.75, 3.05) is 35.4 Å². The van der Waals surface area contributed by atoms with Crippen molar-refractivity contribution < 1.29 is 19.0 Å². The lowest BCUT2D eigenvalue weighted by Gasteiger charge is -2.44. The number of methoxy groups -OCH3 is 3. The summed E-state index contributed by atoms with van der Waals surface area (Å²) in [5.41, 5.74) is 9.97. The number of Topliss-reactive ketones (excluding diaryl/α,β-unsaturated/α-hetero) is 1. The van der Waals surface area contributed by atoms with Gasteiger partial charge in [0.1, 0.15) is 5.82 Å². The van der Waals surface area contributed by atoms with E-state index in [1.807, 2.05) is 55.5 Å². The van der Waals surface area contributed by atoms with Crippen LogP contribution in [-0.2, 0) is 4.79 Å². The Balaban J connectivity index is 1.97. The van der Waals surface area contributed by atoms with Crippen molar-refractivity contribution in [3.05, 3.63) is 76.3 Å². The number of rotatable bonds is 6. The topological polar surface area (TPSA) is 101 Å². The molecule has 4 rings (SSSR count). The second kappa shape index (κ2) is 9.72. The van der Waals surface area contributed by atoms with Gasteiger partial charge in [0.15, 0.2) is 17.3 Å². The fraction of sp³-hybridized carbons (Fsp3) is 0.333. The number of nitriles is 1. The van der Waals surface area contributed by atoms with Crippen molar-refractivity contribution in [1.82, 2.24) is 10.0 Å². The number of carbonyl (C=O) groups excluding carboxylic acids is 1. The van der Waals surface area contributed by atoms with Crippen LogP contribution >= 0.6 is 0 Å². The molecule has 2 aromatic rings. The number of hydrazine groups is 1. The van der Waals surface area contributed by atoms with Crippen LogP contribution in [0.25, 0.3) is 0 Å². The van der Waals surface area contributed by atoms with Gasteiger partial charge in [-0.15, -0.1) is 0 Å². The van der Waals surface area contributed by atoms with Crippen LogP contribution in [-0.4, -0.2) is 51.2 Å². The molecule has 0 radical (unpaired) electrons. The molecule has 182 valence electrons. The first kappa shape index (κ1) is 24.2. The van der Waals surface area contributed by atoms with E-state index < -0.39 is 5.92 Å². The maximum Gasteiger partial charge on any atom is 0.203 e. The quantitative estimate of drug-likeness (QED) is 0.677. The van der Waals surface area contributed by atoms with Gasteiger partial charge in [-0.25, -0.2) is 5.01 Å². The van der Waals surface area contributed by atoms with Crippen LogP contribution in [0.15, 0.2) is 65.1 Å². The number of nitrogens with two attached hydrogens (primary N) is 1. The first-order chi connectivity index (χ1) is 16.9. The lowest BCUT2D eigenvalue weighted by molar-refractivity contribution is -0.117. The number of benzene rings is 2. The molecule has 0 bridgehead atoms. The summed E-state index contributed by atoms with van der Waals surface area (Å²) in [5, 5.41) is 13.8. The Morgan fingerprint density at radius 3 is 2.26 bits per heavy atom. The minimum atomic E-state index is -0.690. The molecule has 0 saturated carbocycles. The molecule has 1 aliphatic carbocycles. The number of hydrogen-bond donors (Lipinski definition) is 1. The highest BCUT2D eigenvalue weighted by Crippen LogP contribution is 2.52. The Labute approximate surface area is 205 Å². The van der Waals surface area contributed by atoms with Crippen molar-refractivity contribution in [2.45, 2.75) is 24.7 Å². The van der Waals surface area contributed by atoms with Gasteiger partial charge in [0.05, 0.1) is 38.9 Å². The molecule has 0 unspecified atom stereocenters. The van der Waals surface area contributed by atoms with Crippen molar-refractivity contribution in [1.29, 1.82) is 5.26 Å². The van der Waals surface area contributed by atoms with Gasteiger partial charge in [0.25, 0.3) is 0 Å². The first-order valence-corrected chi connectivity index (χ1v) is 11.3. The molecule has 2 atom stereocenters. The van der Waals surface area contributed by atoms with E-state index in [-0.39, 0.29) is 17.3 Å². The Hall–Kier alpha value is -3.96. The summed E-state index contributed by atoms with van der Waals surface area (Å²) in [7, 11) is 8.29. The number of hydrogen-bond acceptors (Lipinski definition) is 8. The fourth-order valence-electron chi connectivity index (χ4n) is 5.19. The Bertz CT molecular complexity index is 1240. The van der Waals surface area contributed by atoms with Gasteiger partial charge in [-0.1, -0.05) is 36.4 Å². The van der Waals surface area contributed by atoms with E-state index in [0.29, 0.717) is 47.0 Å². The maximum absolute atomic E-state index is 13.8. The second-order valence-corrected chi connectivity index (χ2v) is 8.73. The van der Waals surface area contributed by atoms with Gasteiger partial charge >= 0.3 is 0 Å². The molecule has 35 heavy (non-hydrogen) atoms. The average molecular weight is 475 g/mol. The molecule has 0 aromatic heterocycles. The molecule has 8 nitrogen and oxygen atoms in total. The minimum absolute atomic E-state index is 0.00860. The molecular formula is C27H30N4O4. The molecule has 0 saturated heterocycles. The maximum atomic E-state index is 13.8. The molecule has 0 spiro atoms. The zero-order valence-electron chi connectivity index (χ0n) is 20.7. The van der Waals surface area contributed by atoms with Crippen LogP contribution in [0.5, 0.6) is 17.2 Å². The van der Waals surface area contributed by atoms with Gasteiger partial charge in [0.2, 0.25) is 5.75 Å². The predicted octanol–water partition coefficient (Wildman–Crippen LogP) is 3.68. The molecule has 1 heterocycles. The highest BCUT2D eigenvalue weighted by molar-refractivity contribution is 6.00. The van der Waals surface area contributed by atoms with Crippen LogP contribution in [0.4, 0.5) is 0 Å². The van der Waals surface area contributed by atoms with Crippen molar-refractivity contribution in [3.8, 4) is 23.3 Å². The van der Waals surface area contributed by atoms with Crippen LogP contribution in [0, 0.1) is 11.3 Å². The number of ketones is 1. The van der Waals surface area contributed by atoms with Crippen molar-refractivity contribution in [3.63, 3.8) is 0 Å². The number of nitrogens with zero attached hydrogens (tertiary/aromatic N) is 3. The van der Waals surface area contributed by atoms with E-state index in [1.54, 1.807) is 18.2 Å². The molecule has 8 heteroatoms. The fourth-order valence-corrected chi connectivity index (χ4v) is 5.19. The number of carbonyl (C=O) groups is 1. The van der Waals surface area contributed by atoms with Gasteiger partial charge in [-0.05, 0) is 24.0 Å². The van der Waals surface area contributed by atoms with Crippen LogP contribution in [0.1, 0.15) is 35.8 Å². The third-order valence-electron chi connectivity index (χ3n) is 6.66. The van der Waals surface area contributed by atoms with Crippen molar-refractivity contribution >= 4 is 5.78 Å². The summed E-state index contributed by atoms with van der Waals surface area (Å²) >= 11 is 0. The minimum Gasteiger partial charge on any atom is -0.493 e. The van der Waals surface area contributed by atoms with Gasteiger partial charge in [-0.2, -0.15) is 5.26 Å². The largest absolute Gasteiger partial charge is 0.493 e. The smallest absolute Gasteiger partial charge is 0.203 e. The summed E-state index contributed by atoms with van der Waals surface area (Å²) < 4.78 is 16.8. The van der Waals surface area contributed by atoms with Crippen LogP contribution in [0.3, 0.4) is 0 Å². The third-order valence-corrected chi connectivity index (χ3v) is 6.66. The molecule has 2 aliphatic rings. The lowest BCUT2D eigenvalue weighted by Crippen LogP contribution is -2.46. The third kappa shape index (κ3) is 3.98. The first-order valence-electron chi connectivity index (χ1n) is 11.3. The SMILES string of the molecule is COc1ccc([C@H]2C(C#N)=C(N)N(N(C)C)C3=C2C(=O)C[C@H](c2ccccc2)C3)c(OC)c1OC. The van der Waals surface area contributed by atoms with E-state index in [0.717, 1.165) is 11.3 Å². The number of allylic oxidation sites excluding steroid dienone is 3. The van der Waals surface area contributed by atoms with Crippen LogP contribution < -0.4 is 19.9 Å². The molecule has 0 amide bonds. The Morgan fingerprint density at radius 2 is 1.69 bits per heavy atom. The summed E-state index contributed by atoms with van der Waals surface area (Å²) in [6, 6.07) is 15.8. The van der Waals surface area contributed by atoms with Crippen LogP contribution in [0.2, 0.25) is 0 Å². The van der Waals surface area contributed by atoms with Gasteiger partial charge in [0, 0.05) is 37.3 Å². The zero-order chi connectivity index (χ0) is 25.3. The summed E-state index contributed by atoms with van der Waals surface area (Å²) in [4.78, 5) is 13.8. The highest BCUT2D eigenvalue weighted by Gasteiger charge is 2.44. The van der Waals surface area contributed by atoms with E-state index in [4.69, 9.17) is 19.9 Å². The standard InChI is InChI=1S/C27H30N4O4/c1-30(2)31-20-13-17(16-9-7-6-8-10-16)14-21(32)24(20)23(19(15-28)27(31)29)18-11-12-22(33-3)26(35-5)25(18)34-4/h6-12,17,23H,13-14,29H2,1-5H3/t17-,23+/m1/s1. The molecule has 2 aromatic carbocycles.